The Balaban J connectivity index is 3.29. The van der Waals surface area contributed by atoms with Crippen LogP contribution in [0.25, 0.3) is 0 Å². The lowest BCUT2D eigenvalue weighted by Crippen LogP contribution is -2.21. The second-order valence-corrected chi connectivity index (χ2v) is 10.3. The average molecular weight is 393 g/mol. The van der Waals surface area contributed by atoms with E-state index in [4.69, 9.17) is 4.74 Å². The summed E-state index contributed by atoms with van der Waals surface area (Å²) in [5.74, 6) is 0.961. The summed E-state index contributed by atoms with van der Waals surface area (Å²) in [5, 5.41) is 19.1. The lowest BCUT2D eigenvalue weighted by molar-refractivity contribution is -0.0489. The summed E-state index contributed by atoms with van der Waals surface area (Å²) in [7, 11) is 0. The van der Waals surface area contributed by atoms with Gasteiger partial charge >= 0.3 is 0 Å². The molecule has 0 heterocycles. The van der Waals surface area contributed by atoms with Gasteiger partial charge in [0.25, 0.3) is 0 Å². The van der Waals surface area contributed by atoms with E-state index in [9.17, 15) is 10.2 Å². The molecule has 1 aromatic rings. The topological polar surface area (TPSA) is 49.7 Å². The number of hydrogen-bond donors (Lipinski definition) is 2. The van der Waals surface area contributed by atoms with Crippen molar-refractivity contribution in [2.75, 3.05) is 6.61 Å². The fourth-order valence-corrected chi connectivity index (χ4v) is 3.49. The van der Waals surface area contributed by atoms with E-state index in [0.29, 0.717) is 13.0 Å². The van der Waals surface area contributed by atoms with Crippen LogP contribution in [0, 0.1) is 0 Å². The number of unbranched alkanes of at least 4 members (excludes halogenated alkanes) is 4. The SMILES string of the molecule is CCCCCCCOc1c(C(C)CC(O)O)cc(C(C)(C)C)cc1C(C)(C)C. The summed E-state index contributed by atoms with van der Waals surface area (Å²) in [5.41, 5.74) is 3.54. The van der Waals surface area contributed by atoms with Gasteiger partial charge in [-0.15, -0.1) is 0 Å². The number of hydrogen-bond acceptors (Lipinski definition) is 3. The highest BCUT2D eigenvalue weighted by molar-refractivity contribution is 5.51. The lowest BCUT2D eigenvalue weighted by atomic mass is 9.77. The normalized spacial score (nSPS) is 13.8. The second-order valence-electron chi connectivity index (χ2n) is 10.3. The van der Waals surface area contributed by atoms with Gasteiger partial charge in [-0.05, 0) is 34.3 Å². The number of rotatable bonds is 10. The summed E-state index contributed by atoms with van der Waals surface area (Å²) in [6.07, 6.45) is 5.03. The van der Waals surface area contributed by atoms with E-state index >= 15 is 0 Å². The average Bonchev–Trinajstić information content (AvgIpc) is 2.55. The van der Waals surface area contributed by atoms with E-state index in [2.05, 4.69) is 67.5 Å². The van der Waals surface area contributed by atoms with Gasteiger partial charge in [0, 0.05) is 12.0 Å². The maximum Gasteiger partial charge on any atom is 0.152 e. The number of aliphatic hydroxyl groups excluding tert-OH is 1. The highest BCUT2D eigenvalue weighted by Crippen LogP contribution is 2.42. The monoisotopic (exact) mass is 392 g/mol. The maximum atomic E-state index is 9.54. The molecule has 162 valence electrons. The van der Waals surface area contributed by atoms with Crippen LogP contribution in [0.4, 0.5) is 0 Å². The first kappa shape index (κ1) is 25.0. The third-order valence-corrected chi connectivity index (χ3v) is 5.38. The molecule has 3 nitrogen and oxygen atoms in total. The summed E-state index contributed by atoms with van der Waals surface area (Å²) >= 11 is 0. The van der Waals surface area contributed by atoms with Crippen molar-refractivity contribution in [2.24, 2.45) is 0 Å². The molecule has 1 atom stereocenters. The maximum absolute atomic E-state index is 9.54. The molecule has 0 aliphatic heterocycles. The van der Waals surface area contributed by atoms with Gasteiger partial charge in [-0.3, -0.25) is 0 Å². The van der Waals surface area contributed by atoms with Crippen molar-refractivity contribution in [3.63, 3.8) is 0 Å². The van der Waals surface area contributed by atoms with Gasteiger partial charge in [0.05, 0.1) is 6.61 Å². The van der Waals surface area contributed by atoms with E-state index < -0.39 is 6.29 Å². The minimum absolute atomic E-state index is 0.0125. The van der Waals surface area contributed by atoms with E-state index in [1.54, 1.807) is 0 Å². The zero-order valence-corrected chi connectivity index (χ0v) is 19.6. The van der Waals surface area contributed by atoms with Crippen LogP contribution in [0.1, 0.15) is 117 Å². The van der Waals surface area contributed by atoms with Crippen molar-refractivity contribution >= 4 is 0 Å². The van der Waals surface area contributed by atoms with Crippen molar-refractivity contribution in [2.45, 2.75) is 117 Å². The van der Waals surface area contributed by atoms with E-state index in [1.807, 2.05) is 0 Å². The summed E-state index contributed by atoms with van der Waals surface area (Å²) in [4.78, 5) is 0. The molecule has 0 saturated carbocycles. The van der Waals surface area contributed by atoms with Crippen LogP contribution in [0.3, 0.4) is 0 Å². The summed E-state index contributed by atoms with van der Waals surface area (Å²) in [6.45, 7) is 18.3. The van der Waals surface area contributed by atoms with Crippen LogP contribution in [0.2, 0.25) is 0 Å². The van der Waals surface area contributed by atoms with Crippen LogP contribution >= 0.6 is 0 Å². The zero-order chi connectivity index (χ0) is 21.5. The van der Waals surface area contributed by atoms with Crippen molar-refractivity contribution < 1.29 is 14.9 Å². The third-order valence-electron chi connectivity index (χ3n) is 5.38. The quantitative estimate of drug-likeness (QED) is 0.356. The molecule has 0 aromatic heterocycles. The molecule has 1 aromatic carbocycles. The largest absolute Gasteiger partial charge is 0.493 e. The Labute approximate surface area is 173 Å². The molecule has 0 spiro atoms. The predicted octanol–water partition coefficient (Wildman–Crippen LogP) is 6.44. The summed E-state index contributed by atoms with van der Waals surface area (Å²) in [6, 6.07) is 4.51. The van der Waals surface area contributed by atoms with Crippen molar-refractivity contribution in [3.05, 3.63) is 28.8 Å². The van der Waals surface area contributed by atoms with Crippen molar-refractivity contribution in [3.8, 4) is 5.75 Å². The number of benzene rings is 1. The van der Waals surface area contributed by atoms with Gasteiger partial charge in [0.15, 0.2) is 6.29 Å². The van der Waals surface area contributed by atoms with Crippen LogP contribution < -0.4 is 4.74 Å². The Kier molecular flexibility index (Phi) is 9.49. The van der Waals surface area contributed by atoms with E-state index in [0.717, 1.165) is 17.7 Å². The second kappa shape index (κ2) is 10.6. The van der Waals surface area contributed by atoms with Crippen LogP contribution in [0.15, 0.2) is 12.1 Å². The Morgan fingerprint density at radius 1 is 0.893 bits per heavy atom. The smallest absolute Gasteiger partial charge is 0.152 e. The van der Waals surface area contributed by atoms with Gasteiger partial charge in [-0.25, -0.2) is 0 Å². The molecule has 0 amide bonds. The van der Waals surface area contributed by atoms with Gasteiger partial charge in [0.2, 0.25) is 0 Å². The first-order valence-electron chi connectivity index (χ1n) is 11.1. The highest BCUT2D eigenvalue weighted by Gasteiger charge is 2.28. The summed E-state index contributed by atoms with van der Waals surface area (Å²) < 4.78 is 6.38. The first-order chi connectivity index (χ1) is 12.9. The fraction of sp³-hybridized carbons (Fsp3) is 0.760. The molecule has 0 bridgehead atoms. The Morgan fingerprint density at radius 3 is 2.00 bits per heavy atom. The fourth-order valence-electron chi connectivity index (χ4n) is 3.49. The Morgan fingerprint density at radius 2 is 1.50 bits per heavy atom. The Bertz CT molecular complexity index is 591. The Hall–Kier alpha value is -1.06. The molecule has 28 heavy (non-hydrogen) atoms. The van der Waals surface area contributed by atoms with Crippen molar-refractivity contribution in [1.82, 2.24) is 0 Å². The molecular weight excluding hydrogens is 348 g/mol. The molecule has 0 fully saturated rings. The van der Waals surface area contributed by atoms with Gasteiger partial charge in [-0.1, -0.05) is 93.2 Å². The molecule has 0 radical (unpaired) electrons. The molecule has 0 saturated heterocycles. The predicted molar refractivity (Wildman–Crippen MR) is 119 cm³/mol. The minimum atomic E-state index is -1.31. The first-order valence-corrected chi connectivity index (χ1v) is 11.1. The third kappa shape index (κ3) is 7.75. The lowest BCUT2D eigenvalue weighted by Gasteiger charge is -2.31. The molecule has 0 aliphatic rings. The van der Waals surface area contributed by atoms with Crippen LogP contribution in [-0.4, -0.2) is 23.1 Å². The standard InChI is InChI=1S/C25H44O3/c1-9-10-11-12-13-14-28-23-20(18(2)15-22(26)27)16-19(24(3,4)5)17-21(23)25(6,7)8/h16-18,22,26-27H,9-15H2,1-8H3. The molecule has 2 N–H and O–H groups in total. The van der Waals surface area contributed by atoms with Crippen LogP contribution in [-0.2, 0) is 10.8 Å². The zero-order valence-electron chi connectivity index (χ0n) is 19.6. The van der Waals surface area contributed by atoms with Gasteiger partial charge in [-0.2, -0.15) is 0 Å². The van der Waals surface area contributed by atoms with Crippen LogP contribution in [0.5, 0.6) is 5.75 Å². The van der Waals surface area contributed by atoms with Crippen molar-refractivity contribution in [1.29, 1.82) is 0 Å². The van der Waals surface area contributed by atoms with E-state index in [1.165, 1.54) is 36.8 Å². The molecule has 3 heteroatoms. The minimum Gasteiger partial charge on any atom is -0.493 e. The molecule has 0 aliphatic carbocycles. The molecule has 1 unspecified atom stereocenters. The van der Waals surface area contributed by atoms with Gasteiger partial charge < -0.3 is 14.9 Å². The van der Waals surface area contributed by atoms with E-state index in [-0.39, 0.29) is 16.7 Å². The molecular formula is C25H44O3. The molecule has 1 rings (SSSR count). The number of ether oxygens (including phenoxy) is 1. The number of aliphatic hydroxyl groups is 2. The highest BCUT2D eigenvalue weighted by atomic mass is 16.5. The van der Waals surface area contributed by atoms with Gasteiger partial charge in [0.1, 0.15) is 5.75 Å².